The molecule has 2 saturated carbocycles. The molecule has 2 aliphatic rings. The Morgan fingerprint density at radius 3 is 2.84 bits per heavy atom. The minimum absolute atomic E-state index is 0.760. The third-order valence-electron chi connectivity index (χ3n) is 3.99. The zero-order valence-electron chi connectivity index (χ0n) is 11.9. The normalized spacial score (nSPS) is 18.6. The summed E-state index contributed by atoms with van der Waals surface area (Å²) >= 11 is 0. The summed E-state index contributed by atoms with van der Waals surface area (Å²) in [6.07, 6.45) is 8.63. The number of anilines is 1. The van der Waals surface area contributed by atoms with Gasteiger partial charge in [0.25, 0.3) is 0 Å². The average molecular weight is 259 g/mol. The predicted octanol–water partition coefficient (Wildman–Crippen LogP) is 2.96. The molecule has 1 aromatic heterocycles. The molecular weight excluding hydrogens is 234 g/mol. The largest absolute Gasteiger partial charge is 0.356 e. The van der Waals surface area contributed by atoms with Gasteiger partial charge in [-0.05, 0) is 44.1 Å². The van der Waals surface area contributed by atoms with Crippen LogP contribution in [0.1, 0.15) is 44.6 Å². The summed E-state index contributed by atoms with van der Waals surface area (Å²) in [5.41, 5.74) is 1.36. The molecule has 0 bridgehead atoms. The lowest BCUT2D eigenvalue weighted by atomic mass is 10.2. The Balaban J connectivity index is 1.70. The van der Waals surface area contributed by atoms with Gasteiger partial charge in [-0.25, -0.2) is 4.98 Å². The highest BCUT2D eigenvalue weighted by molar-refractivity contribution is 5.47. The van der Waals surface area contributed by atoms with Crippen LogP contribution in [-0.2, 0) is 6.54 Å². The standard InChI is InChI=1S/C16H25N3/c1-2-10-19(12-13-5-6-13)16-14(4-3-9-17-16)11-18-15-7-8-15/h3-4,9,13,15,18H,2,5-8,10-12H2,1H3. The highest BCUT2D eigenvalue weighted by Crippen LogP contribution is 2.32. The van der Waals surface area contributed by atoms with E-state index in [1.54, 1.807) is 0 Å². The molecule has 0 aromatic carbocycles. The monoisotopic (exact) mass is 259 g/mol. The van der Waals surface area contributed by atoms with E-state index >= 15 is 0 Å². The summed E-state index contributed by atoms with van der Waals surface area (Å²) < 4.78 is 0. The van der Waals surface area contributed by atoms with Crippen molar-refractivity contribution >= 4 is 5.82 Å². The van der Waals surface area contributed by atoms with Gasteiger partial charge in [-0.1, -0.05) is 13.0 Å². The van der Waals surface area contributed by atoms with Crippen molar-refractivity contribution in [2.45, 2.75) is 51.6 Å². The summed E-state index contributed by atoms with van der Waals surface area (Å²) in [4.78, 5) is 7.16. The van der Waals surface area contributed by atoms with Crippen LogP contribution < -0.4 is 10.2 Å². The van der Waals surface area contributed by atoms with Gasteiger partial charge in [0.15, 0.2) is 0 Å². The molecule has 3 heteroatoms. The van der Waals surface area contributed by atoms with E-state index in [9.17, 15) is 0 Å². The maximum atomic E-state index is 4.66. The van der Waals surface area contributed by atoms with Crippen molar-refractivity contribution in [2.75, 3.05) is 18.0 Å². The van der Waals surface area contributed by atoms with Crippen LogP contribution in [0.4, 0.5) is 5.82 Å². The van der Waals surface area contributed by atoms with Gasteiger partial charge in [-0.3, -0.25) is 0 Å². The van der Waals surface area contributed by atoms with Gasteiger partial charge in [0.2, 0.25) is 0 Å². The molecule has 19 heavy (non-hydrogen) atoms. The summed E-state index contributed by atoms with van der Waals surface area (Å²) in [6, 6.07) is 5.05. The number of nitrogens with one attached hydrogen (secondary N) is 1. The maximum absolute atomic E-state index is 4.66. The molecule has 1 N–H and O–H groups in total. The average Bonchev–Trinajstić information content (AvgIpc) is 3.31. The SMILES string of the molecule is CCCN(CC1CC1)c1ncccc1CNC1CC1. The first-order valence-corrected chi connectivity index (χ1v) is 7.79. The van der Waals surface area contributed by atoms with Crippen LogP contribution in [-0.4, -0.2) is 24.1 Å². The third kappa shape index (κ3) is 3.69. The smallest absolute Gasteiger partial charge is 0.133 e. The predicted molar refractivity (Wildman–Crippen MR) is 79.3 cm³/mol. The molecule has 2 aliphatic carbocycles. The van der Waals surface area contributed by atoms with Gasteiger partial charge in [-0.15, -0.1) is 0 Å². The molecule has 0 amide bonds. The van der Waals surface area contributed by atoms with Crippen LogP contribution in [0.15, 0.2) is 18.3 Å². The fraction of sp³-hybridized carbons (Fsp3) is 0.688. The molecule has 0 radical (unpaired) electrons. The highest BCUT2D eigenvalue weighted by Gasteiger charge is 2.26. The van der Waals surface area contributed by atoms with E-state index in [0.29, 0.717) is 0 Å². The topological polar surface area (TPSA) is 28.2 Å². The Hall–Kier alpha value is -1.09. The highest BCUT2D eigenvalue weighted by atomic mass is 15.2. The van der Waals surface area contributed by atoms with Crippen LogP contribution in [0.5, 0.6) is 0 Å². The minimum atomic E-state index is 0.760. The van der Waals surface area contributed by atoms with E-state index in [2.05, 4.69) is 34.3 Å². The lowest BCUT2D eigenvalue weighted by Crippen LogP contribution is -2.29. The summed E-state index contributed by atoms with van der Waals surface area (Å²) in [7, 11) is 0. The quantitative estimate of drug-likeness (QED) is 0.778. The Labute approximate surface area is 116 Å². The first-order valence-electron chi connectivity index (χ1n) is 7.79. The van der Waals surface area contributed by atoms with E-state index in [1.807, 2.05) is 6.20 Å². The van der Waals surface area contributed by atoms with Gasteiger partial charge in [0, 0.05) is 37.4 Å². The molecule has 0 aliphatic heterocycles. The van der Waals surface area contributed by atoms with E-state index in [0.717, 1.165) is 25.0 Å². The molecular formula is C16H25N3. The molecule has 0 atom stereocenters. The van der Waals surface area contributed by atoms with Crippen LogP contribution >= 0.6 is 0 Å². The third-order valence-corrected chi connectivity index (χ3v) is 3.99. The van der Waals surface area contributed by atoms with Crippen molar-refractivity contribution in [2.24, 2.45) is 5.92 Å². The second-order valence-electron chi connectivity index (χ2n) is 6.03. The maximum Gasteiger partial charge on any atom is 0.133 e. The van der Waals surface area contributed by atoms with E-state index in [-0.39, 0.29) is 0 Å². The number of pyridine rings is 1. The first kappa shape index (κ1) is 12.9. The molecule has 104 valence electrons. The van der Waals surface area contributed by atoms with Gasteiger partial charge in [-0.2, -0.15) is 0 Å². The number of rotatable bonds is 8. The van der Waals surface area contributed by atoms with E-state index < -0.39 is 0 Å². The fourth-order valence-electron chi connectivity index (χ4n) is 2.56. The number of aromatic nitrogens is 1. The molecule has 2 fully saturated rings. The van der Waals surface area contributed by atoms with Crippen molar-refractivity contribution < 1.29 is 0 Å². The second kappa shape index (κ2) is 5.91. The van der Waals surface area contributed by atoms with Gasteiger partial charge in [0.05, 0.1) is 0 Å². The Bertz CT molecular complexity index is 410. The van der Waals surface area contributed by atoms with E-state index in [4.69, 9.17) is 0 Å². The second-order valence-corrected chi connectivity index (χ2v) is 6.03. The number of nitrogens with zero attached hydrogens (tertiary/aromatic N) is 2. The zero-order valence-corrected chi connectivity index (χ0v) is 11.9. The minimum Gasteiger partial charge on any atom is -0.356 e. The zero-order chi connectivity index (χ0) is 13.1. The van der Waals surface area contributed by atoms with Crippen LogP contribution in [0.2, 0.25) is 0 Å². The van der Waals surface area contributed by atoms with Gasteiger partial charge in [0.1, 0.15) is 5.82 Å². The molecule has 1 heterocycles. The van der Waals surface area contributed by atoms with Crippen LogP contribution in [0.3, 0.4) is 0 Å². The van der Waals surface area contributed by atoms with Crippen molar-refractivity contribution in [1.82, 2.24) is 10.3 Å². The fourth-order valence-corrected chi connectivity index (χ4v) is 2.56. The van der Waals surface area contributed by atoms with Crippen LogP contribution in [0.25, 0.3) is 0 Å². The van der Waals surface area contributed by atoms with Gasteiger partial charge < -0.3 is 10.2 Å². The van der Waals surface area contributed by atoms with Gasteiger partial charge >= 0.3 is 0 Å². The van der Waals surface area contributed by atoms with Crippen molar-refractivity contribution in [3.05, 3.63) is 23.9 Å². The first-order chi connectivity index (χ1) is 9.36. The summed E-state index contributed by atoms with van der Waals surface area (Å²) in [5, 5.41) is 3.61. The molecule has 0 spiro atoms. The lowest BCUT2D eigenvalue weighted by Gasteiger charge is -2.25. The van der Waals surface area contributed by atoms with E-state index in [1.165, 1.54) is 50.0 Å². The lowest BCUT2D eigenvalue weighted by molar-refractivity contribution is 0.664. The van der Waals surface area contributed by atoms with Crippen molar-refractivity contribution in [3.8, 4) is 0 Å². The van der Waals surface area contributed by atoms with Crippen molar-refractivity contribution in [3.63, 3.8) is 0 Å². The molecule has 1 aromatic rings. The molecule has 3 rings (SSSR count). The van der Waals surface area contributed by atoms with Crippen molar-refractivity contribution in [1.29, 1.82) is 0 Å². The summed E-state index contributed by atoms with van der Waals surface area (Å²) in [5.74, 6) is 2.13. The number of hydrogen-bond donors (Lipinski definition) is 1. The molecule has 3 nitrogen and oxygen atoms in total. The Morgan fingerprint density at radius 1 is 1.32 bits per heavy atom. The Kier molecular flexibility index (Phi) is 4.02. The molecule has 0 saturated heterocycles. The molecule has 0 unspecified atom stereocenters. The Morgan fingerprint density at radius 2 is 2.16 bits per heavy atom. The van der Waals surface area contributed by atoms with Crippen LogP contribution in [0, 0.1) is 5.92 Å². The number of hydrogen-bond acceptors (Lipinski definition) is 3. The summed E-state index contributed by atoms with van der Waals surface area (Å²) in [6.45, 7) is 5.55.